The van der Waals surface area contributed by atoms with Gasteiger partial charge < -0.3 is 20.4 Å². The second-order valence-corrected chi connectivity index (χ2v) is 4.66. The number of carbonyl (C=O) groups is 2. The van der Waals surface area contributed by atoms with Crippen molar-refractivity contribution < 1.29 is 30.0 Å². The second kappa shape index (κ2) is 8.23. The van der Waals surface area contributed by atoms with Crippen molar-refractivity contribution in [3.8, 4) is 0 Å². The molecule has 0 aromatic heterocycles. The normalized spacial score (nSPS) is 13.6. The number of benzene rings is 1. The van der Waals surface area contributed by atoms with E-state index in [-0.39, 0.29) is 5.01 Å². The largest absolute Gasteiger partial charge is 0.464 e. The second-order valence-electron chi connectivity index (χ2n) is 4.22. The number of aliphatic hydroxyl groups excluding tert-OH is 2. The summed E-state index contributed by atoms with van der Waals surface area (Å²) in [5, 5.41) is 37.4. The van der Waals surface area contributed by atoms with E-state index >= 15 is 0 Å². The highest BCUT2D eigenvalue weighted by Gasteiger charge is 2.29. The van der Waals surface area contributed by atoms with Crippen LogP contribution in [0.4, 0.5) is 9.59 Å². The number of rotatable bonds is 5. The molecule has 0 fully saturated rings. The predicted octanol–water partition coefficient (Wildman–Crippen LogP) is 1.24. The van der Waals surface area contributed by atoms with Crippen LogP contribution >= 0.6 is 11.6 Å². The molecule has 5 N–H and O–H groups in total. The van der Waals surface area contributed by atoms with E-state index in [4.69, 9.17) is 21.8 Å². The molecule has 1 unspecified atom stereocenters. The lowest BCUT2D eigenvalue weighted by atomic mass is 10.1. The third-order valence-electron chi connectivity index (χ3n) is 2.69. The fourth-order valence-electron chi connectivity index (χ4n) is 1.63. The summed E-state index contributed by atoms with van der Waals surface area (Å²) in [6.07, 6.45) is -1.98. The van der Waals surface area contributed by atoms with Gasteiger partial charge in [0.05, 0.1) is 12.7 Å². The fraction of sp³-hybridized carbons (Fsp3) is 0.231. The van der Waals surface area contributed by atoms with Gasteiger partial charge in [0.2, 0.25) is 0 Å². The summed E-state index contributed by atoms with van der Waals surface area (Å²) in [5.74, 6) is 0. The summed E-state index contributed by atoms with van der Waals surface area (Å²) in [4.78, 5) is 21.5. The molecule has 9 heteroatoms. The highest BCUT2D eigenvalue weighted by atomic mass is 35.5. The van der Waals surface area contributed by atoms with Crippen LogP contribution in [-0.2, 0) is 0 Å². The summed E-state index contributed by atoms with van der Waals surface area (Å²) in [6.45, 7) is -0.779. The Labute approximate surface area is 130 Å². The quantitative estimate of drug-likeness (QED) is 0.516. The molecule has 1 aromatic rings. The van der Waals surface area contributed by atoms with Crippen LogP contribution < -0.4 is 5.43 Å². The minimum absolute atomic E-state index is 0.221. The van der Waals surface area contributed by atoms with Gasteiger partial charge in [-0.3, -0.25) is 0 Å². The first-order chi connectivity index (χ1) is 10.3. The lowest BCUT2D eigenvalue weighted by Crippen LogP contribution is -2.56. The number of hydrogen-bond acceptors (Lipinski definition) is 4. The van der Waals surface area contributed by atoms with Crippen molar-refractivity contribution in [1.82, 2.24) is 10.4 Å². The number of aliphatic hydroxyl groups is 2. The van der Waals surface area contributed by atoms with Gasteiger partial charge in [-0.05, 0) is 17.7 Å². The number of nitrogens with zero attached hydrogens (tertiary/aromatic N) is 1. The van der Waals surface area contributed by atoms with Gasteiger partial charge in [-0.2, -0.15) is 0 Å². The van der Waals surface area contributed by atoms with Crippen LogP contribution in [0.5, 0.6) is 0 Å². The van der Waals surface area contributed by atoms with E-state index in [2.05, 4.69) is 0 Å². The molecule has 0 aliphatic rings. The molecule has 2 atom stereocenters. The summed E-state index contributed by atoms with van der Waals surface area (Å²) >= 11 is 5.73. The van der Waals surface area contributed by atoms with Crippen LogP contribution in [0.3, 0.4) is 0 Å². The third kappa shape index (κ3) is 5.24. The van der Waals surface area contributed by atoms with E-state index in [0.717, 1.165) is 0 Å². The molecule has 0 spiro atoms. The molecule has 0 heterocycles. The van der Waals surface area contributed by atoms with Gasteiger partial charge in [-0.15, -0.1) is 0 Å². The number of amides is 2. The van der Waals surface area contributed by atoms with E-state index in [1.165, 1.54) is 12.2 Å². The van der Waals surface area contributed by atoms with Gasteiger partial charge in [0.25, 0.3) is 0 Å². The summed E-state index contributed by atoms with van der Waals surface area (Å²) in [5.41, 5.74) is 2.28. The Bertz CT molecular complexity index is 548. The van der Waals surface area contributed by atoms with E-state index in [1.54, 1.807) is 29.7 Å². The molecular formula is C13H15ClN2O6. The number of hydrogen-bond donors (Lipinski definition) is 5. The first-order valence-electron chi connectivity index (χ1n) is 6.09. The molecule has 120 valence electrons. The lowest BCUT2D eigenvalue weighted by molar-refractivity contribution is 0.0171. The molecule has 0 saturated heterocycles. The van der Waals surface area contributed by atoms with Gasteiger partial charge in [-0.25, -0.2) is 20.0 Å². The Morgan fingerprint density at radius 2 is 1.86 bits per heavy atom. The van der Waals surface area contributed by atoms with Crippen molar-refractivity contribution in [2.45, 2.75) is 12.1 Å². The summed E-state index contributed by atoms with van der Waals surface area (Å²) in [6, 6.07) is 5.21. The molecule has 1 rings (SSSR count). The zero-order valence-corrected chi connectivity index (χ0v) is 12.0. The first kappa shape index (κ1) is 17.8. The molecule has 1 aromatic carbocycles. The van der Waals surface area contributed by atoms with E-state index < -0.39 is 30.9 Å². The highest BCUT2D eigenvalue weighted by Crippen LogP contribution is 2.12. The van der Waals surface area contributed by atoms with Crippen LogP contribution in [0.25, 0.3) is 6.08 Å². The van der Waals surface area contributed by atoms with Gasteiger partial charge in [0, 0.05) is 5.02 Å². The maximum absolute atomic E-state index is 11.0. The van der Waals surface area contributed by atoms with Crippen LogP contribution in [0.15, 0.2) is 30.3 Å². The molecule has 8 nitrogen and oxygen atoms in total. The zero-order valence-electron chi connectivity index (χ0n) is 11.3. The monoisotopic (exact) mass is 330 g/mol. The third-order valence-corrected chi connectivity index (χ3v) is 2.94. The van der Waals surface area contributed by atoms with E-state index in [1.807, 2.05) is 0 Å². The van der Waals surface area contributed by atoms with Crippen molar-refractivity contribution in [1.29, 1.82) is 0 Å². The molecule has 22 heavy (non-hydrogen) atoms. The van der Waals surface area contributed by atoms with E-state index in [9.17, 15) is 19.8 Å². The fourth-order valence-corrected chi connectivity index (χ4v) is 1.76. The van der Waals surface area contributed by atoms with Crippen LogP contribution in [0.1, 0.15) is 5.56 Å². The maximum Gasteiger partial charge on any atom is 0.426 e. The Balaban J connectivity index is 2.85. The van der Waals surface area contributed by atoms with Crippen LogP contribution in [0, 0.1) is 0 Å². The van der Waals surface area contributed by atoms with Gasteiger partial charge in [0.1, 0.15) is 6.04 Å². The zero-order chi connectivity index (χ0) is 16.7. The topological polar surface area (TPSA) is 130 Å². The Hall–Kier alpha value is -2.29. The first-order valence-corrected chi connectivity index (χ1v) is 6.47. The highest BCUT2D eigenvalue weighted by molar-refractivity contribution is 6.30. The van der Waals surface area contributed by atoms with Gasteiger partial charge in [0.15, 0.2) is 0 Å². The molecular weight excluding hydrogens is 316 g/mol. The maximum atomic E-state index is 11.0. The van der Waals surface area contributed by atoms with Crippen molar-refractivity contribution in [2.24, 2.45) is 0 Å². The summed E-state index contributed by atoms with van der Waals surface area (Å²) < 4.78 is 0. The van der Waals surface area contributed by atoms with Crippen molar-refractivity contribution in [3.05, 3.63) is 40.9 Å². The van der Waals surface area contributed by atoms with Gasteiger partial charge >= 0.3 is 12.2 Å². The molecule has 0 aliphatic carbocycles. The number of carboxylic acid groups (broad SMARTS) is 2. The molecule has 2 amide bonds. The molecule has 0 saturated carbocycles. The molecule has 0 bridgehead atoms. The lowest BCUT2D eigenvalue weighted by Gasteiger charge is -2.29. The van der Waals surface area contributed by atoms with Crippen molar-refractivity contribution in [2.75, 3.05) is 6.61 Å². The smallest absolute Gasteiger partial charge is 0.426 e. The molecule has 0 radical (unpaired) electrons. The standard InChI is InChI=1S/C13H15ClN2O6/c14-9-4-1-8(2-5-9)3-6-11(18)10(7-17)16(13(21)22)15-12(19)20/h1-6,10-11,15,17-18H,7H2,(H,19,20)(H,21,22)/b6-3+/t10?,11-/m1/s1. The van der Waals surface area contributed by atoms with Crippen molar-refractivity contribution in [3.63, 3.8) is 0 Å². The Morgan fingerprint density at radius 1 is 1.27 bits per heavy atom. The molecule has 0 aliphatic heterocycles. The van der Waals surface area contributed by atoms with Crippen LogP contribution in [0.2, 0.25) is 5.02 Å². The Morgan fingerprint density at radius 3 is 2.32 bits per heavy atom. The summed E-state index contributed by atoms with van der Waals surface area (Å²) in [7, 11) is 0. The van der Waals surface area contributed by atoms with E-state index in [0.29, 0.717) is 10.6 Å². The minimum Gasteiger partial charge on any atom is -0.464 e. The number of nitrogens with one attached hydrogen (secondary N) is 1. The van der Waals surface area contributed by atoms with Crippen LogP contribution in [-0.4, -0.2) is 56.4 Å². The van der Waals surface area contributed by atoms with Crippen molar-refractivity contribution >= 4 is 29.9 Å². The van der Waals surface area contributed by atoms with Gasteiger partial charge in [-0.1, -0.05) is 35.9 Å². The average molecular weight is 331 g/mol. The predicted molar refractivity (Wildman–Crippen MR) is 78.4 cm³/mol. The minimum atomic E-state index is -1.65. The average Bonchev–Trinajstić information content (AvgIpc) is 2.45. The number of halogens is 1. The number of hydrazine groups is 1. The SMILES string of the molecule is O=C(O)NN(C(=O)O)C(CO)[C@H](O)/C=C/c1ccc(Cl)cc1. The Kier molecular flexibility index (Phi) is 6.64.